The summed E-state index contributed by atoms with van der Waals surface area (Å²) in [5.74, 6) is -1.43. The first-order chi connectivity index (χ1) is 7.04. The third-order valence-corrected chi connectivity index (χ3v) is 1.64. The Morgan fingerprint density at radius 1 is 1.47 bits per heavy atom. The molecule has 1 aromatic rings. The topological polar surface area (TPSA) is 35.5 Å². The summed E-state index contributed by atoms with van der Waals surface area (Å²) in [4.78, 5) is 11.2. The first kappa shape index (κ1) is 11.4. The van der Waals surface area contributed by atoms with Crippen LogP contribution >= 0.6 is 0 Å². The van der Waals surface area contributed by atoms with Crippen molar-refractivity contribution in [2.24, 2.45) is 0 Å². The van der Waals surface area contributed by atoms with E-state index >= 15 is 0 Å². The van der Waals surface area contributed by atoms with Crippen LogP contribution in [0.2, 0.25) is 0 Å². The van der Waals surface area contributed by atoms with E-state index in [2.05, 4.69) is 9.47 Å². The molecule has 0 aromatic heterocycles. The average molecular weight is 216 g/mol. The van der Waals surface area contributed by atoms with Gasteiger partial charge in [-0.05, 0) is 18.2 Å². The number of alkyl halides is 1. The van der Waals surface area contributed by atoms with E-state index in [1.807, 2.05) is 0 Å². The quantitative estimate of drug-likeness (QED) is 0.727. The number of methoxy groups -OCH3 is 1. The Hall–Kier alpha value is -1.65. The molecule has 1 rings (SSSR count). The van der Waals surface area contributed by atoms with Crippen molar-refractivity contribution < 1.29 is 23.0 Å². The summed E-state index contributed by atoms with van der Waals surface area (Å²) >= 11 is 0. The number of hydrogen-bond acceptors (Lipinski definition) is 3. The van der Waals surface area contributed by atoms with Crippen LogP contribution in [0.3, 0.4) is 0 Å². The predicted octanol–water partition coefficient (Wildman–Crippen LogP) is 2.31. The van der Waals surface area contributed by atoms with Gasteiger partial charge in [0.15, 0.2) is 0 Å². The monoisotopic (exact) mass is 216 g/mol. The molecule has 0 aliphatic carbocycles. The van der Waals surface area contributed by atoms with Gasteiger partial charge < -0.3 is 9.47 Å². The molecule has 0 fully saturated rings. The molecule has 0 unspecified atom stereocenters. The zero-order valence-corrected chi connectivity index (χ0v) is 8.29. The predicted molar refractivity (Wildman–Crippen MR) is 48.9 cm³/mol. The van der Waals surface area contributed by atoms with Crippen LogP contribution in [-0.2, 0) is 4.74 Å². The minimum Gasteiger partial charge on any atom is -0.465 e. The summed E-state index contributed by atoms with van der Waals surface area (Å²) < 4.78 is 34.5. The molecule has 82 valence electrons. The highest BCUT2D eigenvalue weighted by Gasteiger charge is 2.15. The van der Waals surface area contributed by atoms with Crippen LogP contribution in [0.1, 0.15) is 17.3 Å². The fourth-order valence-electron chi connectivity index (χ4n) is 1.05. The minimum absolute atomic E-state index is 0.0433. The number of carbonyl (C=O) groups is 1. The molecular weight excluding hydrogens is 206 g/mol. The number of ether oxygens (including phenoxy) is 2. The molecule has 0 radical (unpaired) electrons. The Labute approximate surface area is 85.6 Å². The summed E-state index contributed by atoms with van der Waals surface area (Å²) in [6.45, 7) is 1.16. The van der Waals surface area contributed by atoms with Crippen molar-refractivity contribution in [1.29, 1.82) is 0 Å². The van der Waals surface area contributed by atoms with Gasteiger partial charge in [-0.15, -0.1) is 0 Å². The molecule has 0 saturated heterocycles. The average Bonchev–Trinajstić information content (AvgIpc) is 2.19. The zero-order valence-electron chi connectivity index (χ0n) is 8.29. The molecule has 0 aliphatic rings. The normalized spacial score (nSPS) is 12.0. The second kappa shape index (κ2) is 4.72. The van der Waals surface area contributed by atoms with Crippen molar-refractivity contribution >= 4 is 5.97 Å². The molecule has 1 atom stereocenters. The smallest absolute Gasteiger partial charge is 0.341 e. The molecule has 0 N–H and O–H groups in total. The third kappa shape index (κ3) is 2.90. The van der Waals surface area contributed by atoms with Gasteiger partial charge in [-0.1, -0.05) is 0 Å². The second-order valence-corrected chi connectivity index (χ2v) is 2.79. The van der Waals surface area contributed by atoms with Crippen molar-refractivity contribution in [1.82, 2.24) is 0 Å². The number of rotatable bonds is 3. The van der Waals surface area contributed by atoms with Crippen LogP contribution in [0.4, 0.5) is 8.78 Å². The molecule has 0 aliphatic heterocycles. The lowest BCUT2D eigenvalue weighted by Crippen LogP contribution is -2.10. The summed E-state index contributed by atoms with van der Waals surface area (Å²) in [5, 5.41) is 0. The largest absolute Gasteiger partial charge is 0.465 e. The molecule has 0 amide bonds. The van der Waals surface area contributed by atoms with Gasteiger partial charge in [0.05, 0.1) is 7.11 Å². The SMILES string of the molecule is COC(=O)c1cc(F)ccc1O[C@@H](C)F. The van der Waals surface area contributed by atoms with Gasteiger partial charge in [0.25, 0.3) is 0 Å². The second-order valence-electron chi connectivity index (χ2n) is 2.79. The molecule has 5 heteroatoms. The van der Waals surface area contributed by atoms with Gasteiger partial charge in [-0.3, -0.25) is 0 Å². The minimum atomic E-state index is -1.58. The van der Waals surface area contributed by atoms with Gasteiger partial charge in [0, 0.05) is 6.92 Å². The van der Waals surface area contributed by atoms with Gasteiger partial charge in [0.1, 0.15) is 17.1 Å². The standard InChI is InChI=1S/C10H10F2O3/c1-6(11)15-9-4-3-7(12)5-8(9)10(13)14-2/h3-6H,1-2H3/t6-/m0/s1. The summed E-state index contributed by atoms with van der Waals surface area (Å²) in [7, 11) is 1.15. The number of esters is 1. The number of hydrogen-bond donors (Lipinski definition) is 0. The first-order valence-electron chi connectivity index (χ1n) is 4.23. The fourth-order valence-corrected chi connectivity index (χ4v) is 1.05. The Bertz CT molecular complexity index is 364. The van der Waals surface area contributed by atoms with Crippen LogP contribution in [0, 0.1) is 5.82 Å². The maximum atomic E-state index is 12.8. The molecule has 3 nitrogen and oxygen atoms in total. The maximum absolute atomic E-state index is 12.8. The van der Waals surface area contributed by atoms with E-state index in [1.54, 1.807) is 0 Å². The molecular formula is C10H10F2O3. The highest BCUT2D eigenvalue weighted by molar-refractivity contribution is 5.92. The van der Waals surface area contributed by atoms with E-state index in [9.17, 15) is 13.6 Å². The van der Waals surface area contributed by atoms with Crippen LogP contribution in [0.5, 0.6) is 5.75 Å². The van der Waals surface area contributed by atoms with Crippen molar-refractivity contribution in [3.05, 3.63) is 29.6 Å². The van der Waals surface area contributed by atoms with E-state index in [1.165, 1.54) is 6.07 Å². The molecule has 0 spiro atoms. The number of benzene rings is 1. The lowest BCUT2D eigenvalue weighted by Gasteiger charge is -2.10. The van der Waals surface area contributed by atoms with Crippen LogP contribution < -0.4 is 4.74 Å². The fraction of sp³-hybridized carbons (Fsp3) is 0.300. The van der Waals surface area contributed by atoms with E-state index in [4.69, 9.17) is 0 Å². The molecule has 0 bridgehead atoms. The van der Waals surface area contributed by atoms with Crippen molar-refractivity contribution in [3.8, 4) is 5.75 Å². The summed E-state index contributed by atoms with van der Waals surface area (Å²) in [6, 6.07) is 3.19. The molecule has 15 heavy (non-hydrogen) atoms. The van der Waals surface area contributed by atoms with Crippen molar-refractivity contribution in [3.63, 3.8) is 0 Å². The molecule has 1 aromatic carbocycles. The van der Waals surface area contributed by atoms with E-state index in [0.29, 0.717) is 0 Å². The van der Waals surface area contributed by atoms with Gasteiger partial charge >= 0.3 is 5.97 Å². The lowest BCUT2D eigenvalue weighted by atomic mass is 10.2. The molecule has 0 saturated carbocycles. The van der Waals surface area contributed by atoms with Crippen molar-refractivity contribution in [2.75, 3.05) is 7.11 Å². The van der Waals surface area contributed by atoms with Crippen molar-refractivity contribution in [2.45, 2.75) is 13.3 Å². The van der Waals surface area contributed by atoms with E-state index in [-0.39, 0.29) is 11.3 Å². The lowest BCUT2D eigenvalue weighted by molar-refractivity contribution is 0.0570. The Morgan fingerprint density at radius 3 is 2.67 bits per heavy atom. The summed E-state index contributed by atoms with van der Waals surface area (Å²) in [5.41, 5.74) is -0.137. The zero-order chi connectivity index (χ0) is 11.4. The van der Waals surface area contributed by atoms with Crippen LogP contribution in [0.15, 0.2) is 18.2 Å². The van der Waals surface area contributed by atoms with E-state index < -0.39 is 18.1 Å². The van der Waals surface area contributed by atoms with Crippen LogP contribution in [-0.4, -0.2) is 19.4 Å². The van der Waals surface area contributed by atoms with Gasteiger partial charge in [-0.25, -0.2) is 13.6 Å². The number of carbonyl (C=O) groups excluding carboxylic acids is 1. The third-order valence-electron chi connectivity index (χ3n) is 1.64. The Morgan fingerprint density at radius 2 is 2.13 bits per heavy atom. The Balaban J connectivity index is 3.08. The maximum Gasteiger partial charge on any atom is 0.341 e. The van der Waals surface area contributed by atoms with Crippen LogP contribution in [0.25, 0.3) is 0 Å². The van der Waals surface area contributed by atoms with Gasteiger partial charge in [-0.2, -0.15) is 0 Å². The Kier molecular flexibility index (Phi) is 3.60. The molecule has 0 heterocycles. The van der Waals surface area contributed by atoms with E-state index in [0.717, 1.165) is 26.2 Å². The first-order valence-corrected chi connectivity index (χ1v) is 4.23. The number of halogens is 2. The highest BCUT2D eigenvalue weighted by atomic mass is 19.1. The highest BCUT2D eigenvalue weighted by Crippen LogP contribution is 2.21. The van der Waals surface area contributed by atoms with Gasteiger partial charge in [0.2, 0.25) is 6.36 Å². The summed E-state index contributed by atoms with van der Waals surface area (Å²) in [6.07, 6.45) is -1.58.